The SMILES string of the molecule is COC(=O)c1ccc(C2/C(=C(\O)c3ccc(OC)c(F)c3)C(=O)C(=O)N2c2nnc(SCc3ccccc3Cl)s2)cc1. The first-order chi connectivity index (χ1) is 20.2. The molecule has 3 aromatic carbocycles. The lowest BCUT2D eigenvalue weighted by Gasteiger charge is -2.22. The van der Waals surface area contributed by atoms with Gasteiger partial charge in [-0.25, -0.2) is 9.18 Å². The minimum absolute atomic E-state index is 0.0317. The second kappa shape index (κ2) is 12.3. The molecule has 1 fully saturated rings. The average Bonchev–Trinajstić information content (AvgIpc) is 3.57. The van der Waals surface area contributed by atoms with Crippen molar-refractivity contribution in [2.75, 3.05) is 19.1 Å². The molecule has 1 amide bonds. The summed E-state index contributed by atoms with van der Waals surface area (Å²) in [6.07, 6.45) is 0. The Morgan fingerprint density at radius 3 is 2.45 bits per heavy atom. The summed E-state index contributed by atoms with van der Waals surface area (Å²) in [5.74, 6) is -3.44. The van der Waals surface area contributed by atoms with Crippen LogP contribution in [0.3, 0.4) is 0 Å². The Morgan fingerprint density at radius 2 is 1.79 bits per heavy atom. The zero-order chi connectivity index (χ0) is 30.0. The largest absolute Gasteiger partial charge is 0.507 e. The van der Waals surface area contributed by atoms with E-state index in [1.54, 1.807) is 6.07 Å². The maximum Gasteiger partial charge on any atom is 0.337 e. The fraction of sp³-hybridized carbons (Fsp3) is 0.138. The molecule has 1 N–H and O–H groups in total. The minimum Gasteiger partial charge on any atom is -0.507 e. The number of amides is 1. The highest BCUT2D eigenvalue weighted by atomic mass is 35.5. The Morgan fingerprint density at radius 1 is 1.07 bits per heavy atom. The molecule has 1 aliphatic rings. The summed E-state index contributed by atoms with van der Waals surface area (Å²) in [6, 6.07) is 15.9. The molecule has 0 bridgehead atoms. The predicted octanol–water partition coefficient (Wildman–Crippen LogP) is 6.04. The zero-order valence-corrected chi connectivity index (χ0v) is 24.4. The molecule has 5 rings (SSSR count). The van der Waals surface area contributed by atoms with Crippen LogP contribution in [0.4, 0.5) is 9.52 Å². The number of anilines is 1. The number of hydrogen-bond donors (Lipinski definition) is 1. The van der Waals surface area contributed by atoms with Crippen LogP contribution in [0.25, 0.3) is 5.76 Å². The second-order valence-corrected chi connectivity index (χ2v) is 11.4. The van der Waals surface area contributed by atoms with Crippen molar-refractivity contribution >= 4 is 63.3 Å². The molecule has 1 atom stereocenters. The van der Waals surface area contributed by atoms with Crippen molar-refractivity contribution in [2.45, 2.75) is 16.1 Å². The molecule has 1 saturated heterocycles. The molecule has 1 unspecified atom stereocenters. The lowest BCUT2D eigenvalue weighted by molar-refractivity contribution is -0.132. The molecule has 13 heteroatoms. The highest BCUT2D eigenvalue weighted by Crippen LogP contribution is 2.44. The number of halogens is 2. The number of aliphatic hydroxyl groups excluding tert-OH is 1. The number of thioether (sulfide) groups is 1. The van der Waals surface area contributed by atoms with E-state index in [0.29, 0.717) is 20.7 Å². The third-order valence-corrected chi connectivity index (χ3v) is 8.90. The van der Waals surface area contributed by atoms with Gasteiger partial charge in [0.15, 0.2) is 15.9 Å². The molecule has 0 radical (unpaired) electrons. The van der Waals surface area contributed by atoms with Crippen LogP contribution in [0.2, 0.25) is 5.02 Å². The van der Waals surface area contributed by atoms with Crippen molar-refractivity contribution in [3.63, 3.8) is 0 Å². The van der Waals surface area contributed by atoms with Gasteiger partial charge in [0.25, 0.3) is 5.78 Å². The van der Waals surface area contributed by atoms with Gasteiger partial charge in [0.1, 0.15) is 5.76 Å². The van der Waals surface area contributed by atoms with Gasteiger partial charge in [-0.05, 0) is 47.5 Å². The Balaban J connectivity index is 1.57. The van der Waals surface area contributed by atoms with Gasteiger partial charge in [-0.3, -0.25) is 14.5 Å². The fourth-order valence-corrected chi connectivity index (χ4v) is 6.50. The number of methoxy groups -OCH3 is 2. The lowest BCUT2D eigenvalue weighted by Crippen LogP contribution is -2.29. The Bertz CT molecular complexity index is 1730. The molecule has 2 heterocycles. The van der Waals surface area contributed by atoms with Gasteiger partial charge in [0.05, 0.1) is 31.4 Å². The van der Waals surface area contributed by atoms with Crippen molar-refractivity contribution in [3.8, 4) is 5.75 Å². The van der Waals surface area contributed by atoms with Crippen molar-refractivity contribution in [2.24, 2.45) is 0 Å². The van der Waals surface area contributed by atoms with Crippen LogP contribution in [0, 0.1) is 5.82 Å². The van der Waals surface area contributed by atoms with E-state index in [2.05, 4.69) is 10.2 Å². The third kappa shape index (κ3) is 5.60. The van der Waals surface area contributed by atoms with E-state index in [0.717, 1.165) is 27.9 Å². The van der Waals surface area contributed by atoms with Gasteiger partial charge in [-0.1, -0.05) is 65.0 Å². The van der Waals surface area contributed by atoms with Gasteiger partial charge in [0.2, 0.25) is 5.13 Å². The molecule has 0 spiro atoms. The smallest absolute Gasteiger partial charge is 0.337 e. The summed E-state index contributed by atoms with van der Waals surface area (Å²) in [5.41, 5.74) is 1.20. The highest BCUT2D eigenvalue weighted by molar-refractivity contribution is 8.00. The number of carbonyl (C=O) groups is 3. The Labute approximate surface area is 252 Å². The van der Waals surface area contributed by atoms with Crippen LogP contribution >= 0.6 is 34.7 Å². The normalized spacial score (nSPS) is 16.1. The summed E-state index contributed by atoms with van der Waals surface area (Å²) in [7, 11) is 2.54. The summed E-state index contributed by atoms with van der Waals surface area (Å²) in [5, 5.41) is 20.3. The van der Waals surface area contributed by atoms with Crippen molar-refractivity contribution in [1.82, 2.24) is 10.2 Å². The number of rotatable bonds is 8. The third-order valence-electron chi connectivity index (χ3n) is 6.43. The van der Waals surface area contributed by atoms with E-state index in [4.69, 9.17) is 21.1 Å². The predicted molar refractivity (Wildman–Crippen MR) is 156 cm³/mol. The van der Waals surface area contributed by atoms with Crippen LogP contribution in [-0.4, -0.2) is 47.2 Å². The minimum atomic E-state index is -1.16. The number of Topliss-reactive ketones (excluding diaryl/α,β-unsaturated/α-hetero) is 1. The van der Waals surface area contributed by atoms with Crippen LogP contribution in [-0.2, 0) is 20.1 Å². The number of esters is 1. The molecule has 0 aliphatic carbocycles. The molecule has 4 aromatic rings. The number of nitrogens with zero attached hydrogens (tertiary/aromatic N) is 3. The van der Waals surface area contributed by atoms with E-state index in [9.17, 15) is 23.9 Å². The van der Waals surface area contributed by atoms with Gasteiger partial charge >= 0.3 is 11.9 Å². The van der Waals surface area contributed by atoms with Crippen molar-refractivity contribution in [3.05, 3.63) is 105 Å². The molecule has 42 heavy (non-hydrogen) atoms. The number of hydrogen-bond acceptors (Lipinski definition) is 10. The maximum atomic E-state index is 14.5. The molecule has 0 saturated carbocycles. The Hall–Kier alpha value is -4.26. The maximum absolute atomic E-state index is 14.5. The van der Waals surface area contributed by atoms with Crippen molar-refractivity contribution in [1.29, 1.82) is 0 Å². The van der Waals surface area contributed by atoms with E-state index in [-0.39, 0.29) is 27.6 Å². The second-order valence-electron chi connectivity index (χ2n) is 8.86. The molecular weight excluding hydrogens is 605 g/mol. The lowest BCUT2D eigenvalue weighted by atomic mass is 9.94. The zero-order valence-electron chi connectivity index (χ0n) is 22.0. The first kappa shape index (κ1) is 29.2. The van der Waals surface area contributed by atoms with E-state index in [1.165, 1.54) is 62.4 Å². The van der Waals surface area contributed by atoms with Gasteiger partial charge in [0, 0.05) is 16.3 Å². The van der Waals surface area contributed by atoms with Gasteiger partial charge in [-0.15, -0.1) is 10.2 Å². The number of ketones is 1. The van der Waals surface area contributed by atoms with Crippen molar-refractivity contribution < 1.29 is 33.4 Å². The number of carbonyl (C=O) groups excluding carboxylic acids is 3. The summed E-state index contributed by atoms with van der Waals surface area (Å²) in [6.45, 7) is 0. The highest BCUT2D eigenvalue weighted by Gasteiger charge is 2.48. The van der Waals surface area contributed by atoms with E-state index >= 15 is 0 Å². The standard InChI is InChI=1S/C29H21ClFN3O6S2/c1-39-21-12-11-17(13-20(21)31)24(35)22-23(15-7-9-16(10-8-15)27(38)40-2)34(26(37)25(22)36)28-32-33-29(42-28)41-14-18-5-3-4-6-19(18)30/h3-13,23,35H,14H2,1-2H3/b24-22+. The van der Waals surface area contributed by atoms with Gasteiger partial charge < -0.3 is 14.6 Å². The Kier molecular flexibility index (Phi) is 8.57. The fourth-order valence-electron chi connectivity index (χ4n) is 4.35. The molecular formula is C29H21ClFN3O6S2. The summed E-state index contributed by atoms with van der Waals surface area (Å²) >= 11 is 8.70. The molecule has 214 valence electrons. The first-order valence-electron chi connectivity index (χ1n) is 12.3. The molecule has 9 nitrogen and oxygen atoms in total. The number of ether oxygens (including phenoxy) is 2. The average molecular weight is 626 g/mol. The molecule has 1 aliphatic heterocycles. The summed E-state index contributed by atoms with van der Waals surface area (Å²) in [4.78, 5) is 40.0. The van der Waals surface area contributed by atoms with E-state index < -0.39 is 35.3 Å². The number of aliphatic hydroxyl groups is 1. The monoisotopic (exact) mass is 625 g/mol. The number of benzene rings is 3. The topological polar surface area (TPSA) is 119 Å². The summed E-state index contributed by atoms with van der Waals surface area (Å²) < 4.78 is 24.7. The quantitative estimate of drug-likeness (QED) is 0.0624. The van der Waals surface area contributed by atoms with Crippen LogP contribution in [0.1, 0.15) is 33.1 Å². The molecule has 1 aromatic heterocycles. The van der Waals surface area contributed by atoms with E-state index in [1.807, 2.05) is 18.2 Å². The number of aromatic nitrogens is 2. The van der Waals surface area contributed by atoms with Crippen LogP contribution in [0.5, 0.6) is 5.75 Å². The van der Waals surface area contributed by atoms with Gasteiger partial charge in [-0.2, -0.15) is 0 Å². The first-order valence-corrected chi connectivity index (χ1v) is 14.4. The van der Waals surface area contributed by atoms with Crippen LogP contribution < -0.4 is 9.64 Å². The van der Waals surface area contributed by atoms with Crippen LogP contribution in [0.15, 0.2) is 76.6 Å².